The van der Waals surface area contributed by atoms with Gasteiger partial charge in [0.15, 0.2) is 0 Å². The molecule has 2 rings (SSSR count). The first-order valence-corrected chi connectivity index (χ1v) is 7.21. The highest BCUT2D eigenvalue weighted by molar-refractivity contribution is 5.34. The van der Waals surface area contributed by atoms with Crippen LogP contribution in [0.2, 0.25) is 0 Å². The molecule has 19 heavy (non-hydrogen) atoms. The maximum absolute atomic E-state index is 5.93. The van der Waals surface area contributed by atoms with E-state index in [-0.39, 0.29) is 11.6 Å². The first-order valence-electron chi connectivity index (χ1n) is 7.21. The van der Waals surface area contributed by atoms with Gasteiger partial charge in [-0.3, -0.25) is 11.3 Å². The monoisotopic (exact) mass is 262 g/mol. The summed E-state index contributed by atoms with van der Waals surface area (Å²) in [6.07, 6.45) is 5.89. The van der Waals surface area contributed by atoms with Crippen LogP contribution >= 0.6 is 0 Å². The molecule has 0 radical (unpaired) electrons. The lowest BCUT2D eigenvalue weighted by Crippen LogP contribution is -2.49. The van der Waals surface area contributed by atoms with Gasteiger partial charge in [0.2, 0.25) is 0 Å². The Hall–Kier alpha value is -0.900. The number of methoxy groups -OCH3 is 1. The standard InChI is InChI=1S/C16H26N2O/c1-12-7-8-14(13(2)11-12)15(18-17)16(19-3)9-5-4-6-10-16/h7-8,11,15,18H,4-6,9-10,17H2,1-3H3. The van der Waals surface area contributed by atoms with Crippen LogP contribution in [0.15, 0.2) is 18.2 Å². The summed E-state index contributed by atoms with van der Waals surface area (Å²) >= 11 is 0. The predicted octanol–water partition coefficient (Wildman–Crippen LogP) is 3.16. The van der Waals surface area contributed by atoms with Gasteiger partial charge in [-0.2, -0.15) is 0 Å². The molecule has 0 heterocycles. The highest BCUT2D eigenvalue weighted by Gasteiger charge is 2.40. The van der Waals surface area contributed by atoms with E-state index in [0.717, 1.165) is 12.8 Å². The Morgan fingerprint density at radius 3 is 2.42 bits per heavy atom. The van der Waals surface area contributed by atoms with E-state index in [1.807, 2.05) is 7.11 Å². The summed E-state index contributed by atoms with van der Waals surface area (Å²) in [5.74, 6) is 5.87. The zero-order valence-electron chi connectivity index (χ0n) is 12.3. The van der Waals surface area contributed by atoms with Crippen molar-refractivity contribution in [3.05, 3.63) is 34.9 Å². The number of benzene rings is 1. The molecule has 106 valence electrons. The summed E-state index contributed by atoms with van der Waals surface area (Å²) in [4.78, 5) is 0. The third-order valence-corrected chi connectivity index (χ3v) is 4.54. The minimum Gasteiger partial charge on any atom is -0.376 e. The molecule has 1 aliphatic rings. The van der Waals surface area contributed by atoms with E-state index in [1.54, 1.807) is 0 Å². The molecule has 0 bridgehead atoms. The average molecular weight is 262 g/mol. The molecular formula is C16H26N2O. The number of aryl methyl sites for hydroxylation is 2. The molecule has 0 spiro atoms. The zero-order chi connectivity index (χ0) is 13.9. The third kappa shape index (κ3) is 2.83. The van der Waals surface area contributed by atoms with Crippen LogP contribution in [-0.4, -0.2) is 12.7 Å². The summed E-state index contributed by atoms with van der Waals surface area (Å²) in [5, 5.41) is 0. The van der Waals surface area contributed by atoms with Gasteiger partial charge in [-0.1, -0.05) is 43.0 Å². The second-order valence-corrected chi connectivity index (χ2v) is 5.79. The van der Waals surface area contributed by atoms with Crippen molar-refractivity contribution in [3.8, 4) is 0 Å². The number of hydrazine groups is 1. The van der Waals surface area contributed by atoms with Gasteiger partial charge in [0.25, 0.3) is 0 Å². The van der Waals surface area contributed by atoms with Crippen LogP contribution in [0.3, 0.4) is 0 Å². The molecule has 3 heteroatoms. The topological polar surface area (TPSA) is 47.3 Å². The van der Waals surface area contributed by atoms with E-state index in [9.17, 15) is 0 Å². The third-order valence-electron chi connectivity index (χ3n) is 4.54. The molecule has 1 aromatic carbocycles. The second kappa shape index (κ2) is 6.04. The van der Waals surface area contributed by atoms with Crippen LogP contribution in [-0.2, 0) is 4.74 Å². The van der Waals surface area contributed by atoms with Crippen molar-refractivity contribution in [3.63, 3.8) is 0 Å². The Morgan fingerprint density at radius 2 is 1.89 bits per heavy atom. The van der Waals surface area contributed by atoms with Crippen molar-refractivity contribution >= 4 is 0 Å². The zero-order valence-corrected chi connectivity index (χ0v) is 12.3. The predicted molar refractivity (Wildman–Crippen MR) is 78.8 cm³/mol. The van der Waals surface area contributed by atoms with Gasteiger partial charge in [0.1, 0.15) is 0 Å². The van der Waals surface area contributed by atoms with Crippen molar-refractivity contribution in [2.24, 2.45) is 5.84 Å². The van der Waals surface area contributed by atoms with Crippen molar-refractivity contribution in [1.82, 2.24) is 5.43 Å². The first-order chi connectivity index (χ1) is 9.13. The molecule has 0 amide bonds. The minimum atomic E-state index is -0.160. The molecular weight excluding hydrogens is 236 g/mol. The number of rotatable bonds is 4. The molecule has 1 unspecified atom stereocenters. The van der Waals surface area contributed by atoms with Gasteiger partial charge in [-0.25, -0.2) is 0 Å². The number of hydrogen-bond donors (Lipinski definition) is 2. The van der Waals surface area contributed by atoms with E-state index >= 15 is 0 Å². The average Bonchev–Trinajstić information content (AvgIpc) is 2.43. The largest absolute Gasteiger partial charge is 0.376 e. The highest BCUT2D eigenvalue weighted by Crippen LogP contribution is 2.41. The van der Waals surface area contributed by atoms with Gasteiger partial charge in [-0.15, -0.1) is 0 Å². The molecule has 1 aliphatic carbocycles. The van der Waals surface area contributed by atoms with E-state index in [4.69, 9.17) is 10.6 Å². The lowest BCUT2D eigenvalue weighted by molar-refractivity contribution is -0.0690. The van der Waals surface area contributed by atoms with Crippen molar-refractivity contribution < 1.29 is 4.74 Å². The van der Waals surface area contributed by atoms with Crippen molar-refractivity contribution in [1.29, 1.82) is 0 Å². The van der Waals surface area contributed by atoms with Crippen LogP contribution in [0, 0.1) is 13.8 Å². The molecule has 1 fully saturated rings. The van der Waals surface area contributed by atoms with Crippen molar-refractivity contribution in [2.45, 2.75) is 57.6 Å². The Labute approximate surface area is 116 Å². The normalized spacial score (nSPS) is 20.2. The lowest BCUT2D eigenvalue weighted by Gasteiger charge is -2.42. The van der Waals surface area contributed by atoms with Crippen LogP contribution in [0.5, 0.6) is 0 Å². The van der Waals surface area contributed by atoms with Crippen molar-refractivity contribution in [2.75, 3.05) is 7.11 Å². The molecule has 1 aromatic rings. The fraction of sp³-hybridized carbons (Fsp3) is 0.625. The number of nitrogens with one attached hydrogen (secondary N) is 1. The van der Waals surface area contributed by atoms with E-state index in [0.29, 0.717) is 0 Å². The van der Waals surface area contributed by atoms with Crippen LogP contribution in [0.25, 0.3) is 0 Å². The fourth-order valence-electron chi connectivity index (χ4n) is 3.44. The number of ether oxygens (including phenoxy) is 1. The highest BCUT2D eigenvalue weighted by atomic mass is 16.5. The smallest absolute Gasteiger partial charge is 0.0885 e. The van der Waals surface area contributed by atoms with Crippen LogP contribution < -0.4 is 11.3 Å². The fourth-order valence-corrected chi connectivity index (χ4v) is 3.44. The Bertz CT molecular complexity index is 425. The van der Waals surface area contributed by atoms with Gasteiger partial charge >= 0.3 is 0 Å². The lowest BCUT2D eigenvalue weighted by atomic mass is 9.76. The van der Waals surface area contributed by atoms with Gasteiger partial charge in [0, 0.05) is 7.11 Å². The Kier molecular flexibility index (Phi) is 4.61. The first kappa shape index (κ1) is 14.5. The van der Waals surface area contributed by atoms with E-state index < -0.39 is 0 Å². The summed E-state index contributed by atoms with van der Waals surface area (Å²) in [6.45, 7) is 4.27. The van der Waals surface area contributed by atoms with E-state index in [2.05, 4.69) is 37.5 Å². The SMILES string of the molecule is COC1(C(NN)c2ccc(C)cc2C)CCCCC1. The quantitative estimate of drug-likeness (QED) is 0.647. The molecule has 0 aliphatic heterocycles. The molecule has 0 saturated heterocycles. The maximum atomic E-state index is 5.93. The molecule has 1 atom stereocenters. The molecule has 3 nitrogen and oxygen atoms in total. The van der Waals surface area contributed by atoms with Gasteiger partial charge < -0.3 is 4.74 Å². The number of nitrogens with two attached hydrogens (primary N) is 1. The summed E-state index contributed by atoms with van der Waals surface area (Å²) < 4.78 is 5.93. The second-order valence-electron chi connectivity index (χ2n) is 5.79. The molecule has 0 aromatic heterocycles. The van der Waals surface area contributed by atoms with Gasteiger partial charge in [0.05, 0.1) is 11.6 Å². The summed E-state index contributed by atoms with van der Waals surface area (Å²) in [5.41, 5.74) is 6.68. The Balaban J connectivity index is 2.36. The number of hydrogen-bond acceptors (Lipinski definition) is 3. The van der Waals surface area contributed by atoms with E-state index in [1.165, 1.54) is 36.0 Å². The maximum Gasteiger partial charge on any atom is 0.0885 e. The summed E-state index contributed by atoms with van der Waals surface area (Å²) in [7, 11) is 1.82. The Morgan fingerprint density at radius 1 is 1.21 bits per heavy atom. The van der Waals surface area contributed by atoms with Crippen LogP contribution in [0.4, 0.5) is 0 Å². The summed E-state index contributed by atoms with van der Waals surface area (Å²) in [6, 6.07) is 6.62. The molecule has 1 saturated carbocycles. The van der Waals surface area contributed by atoms with Crippen LogP contribution in [0.1, 0.15) is 54.8 Å². The van der Waals surface area contributed by atoms with Gasteiger partial charge in [-0.05, 0) is 37.8 Å². The molecule has 3 N–H and O–H groups in total. The minimum absolute atomic E-state index is 0.0680.